The number of nitrogens with zero attached hydrogens (tertiary/aromatic N) is 2. The van der Waals surface area contributed by atoms with Crippen LogP contribution in [-0.2, 0) is 0 Å². The van der Waals surface area contributed by atoms with E-state index < -0.39 is 0 Å². The molecular weight excluding hydrogens is 316 g/mol. The number of allylic oxidation sites excluding steroid dienone is 1. The molecule has 1 aromatic heterocycles. The van der Waals surface area contributed by atoms with Gasteiger partial charge in [0.2, 0.25) is 0 Å². The van der Waals surface area contributed by atoms with Crippen molar-refractivity contribution in [3.8, 4) is 5.69 Å². The standard InChI is InChI=1S/C24H18N2/c1-15-10-12-18-19-13-11-16-6-2-3-7-17(16)23(19)24-25-20-8-4-5-9-21(20)26(24)22(18)14-15/h2-14,19,23H,1H3. The molecule has 2 atom stereocenters. The molecule has 4 aromatic rings. The second-order valence-electron chi connectivity index (χ2n) is 7.35. The molecule has 2 nitrogen and oxygen atoms in total. The van der Waals surface area contributed by atoms with Crippen molar-refractivity contribution < 1.29 is 0 Å². The lowest BCUT2D eigenvalue weighted by molar-refractivity contribution is 0.623. The first kappa shape index (κ1) is 14.1. The molecule has 0 radical (unpaired) electrons. The number of hydrogen-bond donors (Lipinski definition) is 0. The van der Waals surface area contributed by atoms with Gasteiger partial charge in [-0.05, 0) is 47.4 Å². The zero-order valence-electron chi connectivity index (χ0n) is 14.6. The van der Waals surface area contributed by atoms with E-state index in [1.807, 2.05) is 0 Å². The van der Waals surface area contributed by atoms with Gasteiger partial charge in [-0.3, -0.25) is 4.57 Å². The summed E-state index contributed by atoms with van der Waals surface area (Å²) in [6, 6.07) is 24.1. The maximum atomic E-state index is 5.09. The lowest BCUT2D eigenvalue weighted by atomic mass is 9.73. The molecule has 2 aliphatic rings. The first-order valence-corrected chi connectivity index (χ1v) is 9.17. The Bertz CT molecular complexity index is 1210. The van der Waals surface area contributed by atoms with Crippen LogP contribution in [-0.4, -0.2) is 9.55 Å². The molecule has 3 aromatic carbocycles. The van der Waals surface area contributed by atoms with E-state index in [0.717, 1.165) is 11.3 Å². The van der Waals surface area contributed by atoms with Gasteiger partial charge in [0.1, 0.15) is 5.82 Å². The van der Waals surface area contributed by atoms with Gasteiger partial charge in [-0.25, -0.2) is 4.98 Å². The van der Waals surface area contributed by atoms with Crippen molar-refractivity contribution in [3.63, 3.8) is 0 Å². The third-order valence-corrected chi connectivity index (χ3v) is 5.82. The number of aromatic nitrogens is 2. The van der Waals surface area contributed by atoms with E-state index in [2.05, 4.69) is 90.4 Å². The lowest BCUT2D eigenvalue weighted by Gasteiger charge is -2.36. The zero-order valence-corrected chi connectivity index (χ0v) is 14.6. The molecule has 0 saturated carbocycles. The predicted molar refractivity (Wildman–Crippen MR) is 106 cm³/mol. The largest absolute Gasteiger partial charge is 0.295 e. The number of rotatable bonds is 0. The molecule has 0 N–H and O–H groups in total. The molecule has 0 bridgehead atoms. The van der Waals surface area contributed by atoms with Gasteiger partial charge in [0, 0.05) is 5.92 Å². The van der Waals surface area contributed by atoms with Gasteiger partial charge in [-0.15, -0.1) is 0 Å². The molecule has 26 heavy (non-hydrogen) atoms. The van der Waals surface area contributed by atoms with Gasteiger partial charge < -0.3 is 0 Å². The second-order valence-corrected chi connectivity index (χ2v) is 7.35. The maximum absolute atomic E-state index is 5.09. The van der Waals surface area contributed by atoms with Crippen molar-refractivity contribution in [1.82, 2.24) is 9.55 Å². The van der Waals surface area contributed by atoms with Crippen LogP contribution in [0.1, 0.15) is 39.9 Å². The van der Waals surface area contributed by atoms with Crippen LogP contribution in [0, 0.1) is 6.92 Å². The lowest BCUT2D eigenvalue weighted by Crippen LogP contribution is -2.25. The molecule has 1 aliphatic heterocycles. The predicted octanol–water partition coefficient (Wildman–Crippen LogP) is 5.59. The Hall–Kier alpha value is -3.13. The van der Waals surface area contributed by atoms with Gasteiger partial charge in [0.25, 0.3) is 0 Å². The van der Waals surface area contributed by atoms with Gasteiger partial charge in [0.15, 0.2) is 0 Å². The quantitative estimate of drug-likeness (QED) is 0.410. The Morgan fingerprint density at radius 3 is 2.69 bits per heavy atom. The molecule has 0 amide bonds. The van der Waals surface area contributed by atoms with Crippen molar-refractivity contribution in [2.45, 2.75) is 18.8 Å². The fraction of sp³-hybridized carbons (Fsp3) is 0.125. The van der Waals surface area contributed by atoms with Crippen LogP contribution in [0.25, 0.3) is 22.8 Å². The minimum atomic E-state index is 0.263. The van der Waals surface area contributed by atoms with Crippen LogP contribution < -0.4 is 0 Å². The highest BCUT2D eigenvalue weighted by molar-refractivity contribution is 5.81. The number of fused-ring (bicyclic) bond motifs is 10. The first-order valence-electron chi connectivity index (χ1n) is 9.17. The topological polar surface area (TPSA) is 17.8 Å². The molecule has 0 spiro atoms. The summed E-state index contributed by atoms with van der Waals surface area (Å²) in [4.78, 5) is 5.09. The van der Waals surface area contributed by atoms with Gasteiger partial charge >= 0.3 is 0 Å². The van der Waals surface area contributed by atoms with Gasteiger partial charge in [-0.2, -0.15) is 0 Å². The van der Waals surface area contributed by atoms with Crippen LogP contribution >= 0.6 is 0 Å². The van der Waals surface area contributed by atoms with E-state index >= 15 is 0 Å². The smallest absolute Gasteiger partial charge is 0.123 e. The minimum Gasteiger partial charge on any atom is -0.295 e. The normalized spacial score (nSPS) is 19.6. The SMILES string of the molecule is Cc1ccc2c(c1)-n1c(nc3ccccc31)C1c3ccccc3C=CC21. The molecule has 2 heteroatoms. The summed E-state index contributed by atoms with van der Waals surface area (Å²) in [6.07, 6.45) is 4.64. The molecular formula is C24H18N2. The first-order chi connectivity index (χ1) is 12.8. The summed E-state index contributed by atoms with van der Waals surface area (Å²) in [5, 5.41) is 0. The van der Waals surface area contributed by atoms with Crippen molar-refractivity contribution in [1.29, 1.82) is 0 Å². The minimum absolute atomic E-state index is 0.263. The summed E-state index contributed by atoms with van der Waals surface area (Å²) in [6.45, 7) is 2.16. The molecule has 2 unspecified atom stereocenters. The molecule has 1 aliphatic carbocycles. The third kappa shape index (κ3) is 1.74. The number of aryl methyl sites for hydroxylation is 1. The van der Waals surface area contributed by atoms with Gasteiger partial charge in [-0.1, -0.05) is 60.7 Å². The van der Waals surface area contributed by atoms with E-state index in [4.69, 9.17) is 4.98 Å². The average Bonchev–Trinajstić information content (AvgIpc) is 3.07. The van der Waals surface area contributed by atoms with Gasteiger partial charge in [0.05, 0.1) is 22.6 Å². The van der Waals surface area contributed by atoms with Crippen molar-refractivity contribution in [3.05, 3.63) is 101 Å². The Morgan fingerprint density at radius 1 is 0.885 bits per heavy atom. The fourth-order valence-electron chi connectivity index (χ4n) is 4.68. The van der Waals surface area contributed by atoms with Crippen LogP contribution in [0.3, 0.4) is 0 Å². The zero-order chi connectivity index (χ0) is 17.3. The van der Waals surface area contributed by atoms with Crippen LogP contribution in [0.5, 0.6) is 0 Å². The highest BCUT2D eigenvalue weighted by Gasteiger charge is 2.38. The number of para-hydroxylation sites is 2. The summed E-state index contributed by atoms with van der Waals surface area (Å²) in [5.41, 5.74) is 8.90. The Labute approximate surface area is 152 Å². The monoisotopic (exact) mass is 334 g/mol. The summed E-state index contributed by atoms with van der Waals surface area (Å²) in [5.74, 6) is 1.76. The number of hydrogen-bond acceptors (Lipinski definition) is 1. The van der Waals surface area contributed by atoms with Crippen LogP contribution in [0.15, 0.2) is 72.8 Å². The van der Waals surface area contributed by atoms with E-state index in [0.29, 0.717) is 5.92 Å². The van der Waals surface area contributed by atoms with Crippen LogP contribution in [0.2, 0.25) is 0 Å². The Kier molecular flexibility index (Phi) is 2.68. The summed E-state index contributed by atoms with van der Waals surface area (Å²) in [7, 11) is 0. The summed E-state index contributed by atoms with van der Waals surface area (Å²) < 4.78 is 2.38. The van der Waals surface area contributed by atoms with E-state index in [9.17, 15) is 0 Å². The second kappa shape index (κ2) is 4.95. The van der Waals surface area contributed by atoms with Crippen LogP contribution in [0.4, 0.5) is 0 Å². The van der Waals surface area contributed by atoms with Crippen molar-refractivity contribution in [2.75, 3.05) is 0 Å². The third-order valence-electron chi connectivity index (χ3n) is 5.82. The maximum Gasteiger partial charge on any atom is 0.123 e. The van der Waals surface area contributed by atoms with Crippen molar-refractivity contribution >= 4 is 17.1 Å². The Balaban J connectivity index is 1.76. The highest BCUT2D eigenvalue weighted by atomic mass is 15.1. The summed E-state index contributed by atoms with van der Waals surface area (Å²) >= 11 is 0. The molecule has 6 rings (SSSR count). The van der Waals surface area contributed by atoms with Crippen molar-refractivity contribution in [2.24, 2.45) is 0 Å². The number of imidazole rings is 1. The number of benzene rings is 3. The van der Waals surface area contributed by atoms with E-state index in [1.165, 1.54) is 33.5 Å². The highest BCUT2D eigenvalue weighted by Crippen LogP contribution is 2.50. The average molecular weight is 334 g/mol. The van der Waals surface area contributed by atoms with E-state index in [1.54, 1.807) is 0 Å². The molecule has 0 fully saturated rings. The molecule has 124 valence electrons. The van der Waals surface area contributed by atoms with E-state index in [-0.39, 0.29) is 5.92 Å². The Morgan fingerprint density at radius 2 is 1.73 bits per heavy atom. The molecule has 2 heterocycles. The fourth-order valence-corrected chi connectivity index (χ4v) is 4.68. The molecule has 0 saturated heterocycles.